The molecule has 0 saturated carbocycles. The Labute approximate surface area is 139 Å². The average Bonchev–Trinajstić information content (AvgIpc) is 2.58. The number of ether oxygens (including phenoxy) is 1. The van der Waals surface area contributed by atoms with Gasteiger partial charge in [0.05, 0.1) is 0 Å². The minimum Gasteiger partial charge on any atom is -0.452 e. The summed E-state index contributed by atoms with van der Waals surface area (Å²) in [6, 6.07) is 5.74. The number of rotatable bonds is 5. The van der Waals surface area contributed by atoms with Crippen LogP contribution >= 0.6 is 0 Å². The van der Waals surface area contributed by atoms with Gasteiger partial charge in [-0.05, 0) is 36.6 Å². The van der Waals surface area contributed by atoms with Crippen LogP contribution in [0.5, 0.6) is 0 Å². The average molecular weight is 334 g/mol. The molecular formula is C17H19FN2O4. The predicted molar refractivity (Wildman–Crippen MR) is 84.9 cm³/mol. The van der Waals surface area contributed by atoms with Gasteiger partial charge in [-0.2, -0.15) is 0 Å². The summed E-state index contributed by atoms with van der Waals surface area (Å²) < 4.78 is 17.9. The molecule has 2 rings (SSSR count). The SMILES string of the molecule is NC(=O)C1CCN(C(=O)COC(=O)/C=C/c2cccc(F)c2)CC1. The summed E-state index contributed by atoms with van der Waals surface area (Å²) in [6.07, 6.45) is 3.60. The first-order valence-corrected chi connectivity index (χ1v) is 7.63. The number of primary amides is 1. The molecular weight excluding hydrogens is 315 g/mol. The minimum atomic E-state index is -0.681. The number of hydrogen-bond donors (Lipinski definition) is 1. The van der Waals surface area contributed by atoms with Gasteiger partial charge >= 0.3 is 5.97 Å². The van der Waals surface area contributed by atoms with Crippen LogP contribution in [-0.2, 0) is 19.1 Å². The largest absolute Gasteiger partial charge is 0.452 e. The maximum atomic E-state index is 13.0. The lowest BCUT2D eigenvalue weighted by molar-refractivity contribution is -0.149. The zero-order valence-electron chi connectivity index (χ0n) is 13.1. The van der Waals surface area contributed by atoms with Crippen LogP contribution in [0.2, 0.25) is 0 Å². The molecule has 6 nitrogen and oxygen atoms in total. The van der Waals surface area contributed by atoms with Crippen molar-refractivity contribution in [2.24, 2.45) is 11.7 Å². The summed E-state index contributed by atoms with van der Waals surface area (Å²) in [4.78, 5) is 36.2. The summed E-state index contributed by atoms with van der Waals surface area (Å²) in [5, 5.41) is 0. The van der Waals surface area contributed by atoms with Gasteiger partial charge in [0.1, 0.15) is 5.82 Å². The van der Waals surface area contributed by atoms with E-state index in [4.69, 9.17) is 10.5 Å². The van der Waals surface area contributed by atoms with Gasteiger partial charge in [-0.25, -0.2) is 9.18 Å². The Kier molecular flexibility index (Phi) is 6.06. The number of piperidine rings is 1. The van der Waals surface area contributed by atoms with Crippen molar-refractivity contribution in [3.8, 4) is 0 Å². The second-order valence-electron chi connectivity index (χ2n) is 5.55. The third kappa shape index (κ3) is 5.19. The van der Waals surface area contributed by atoms with Crippen LogP contribution in [0, 0.1) is 11.7 Å². The van der Waals surface area contributed by atoms with Crippen molar-refractivity contribution in [2.45, 2.75) is 12.8 Å². The Morgan fingerprint density at radius 1 is 1.29 bits per heavy atom. The van der Waals surface area contributed by atoms with Gasteiger partial charge in [0.2, 0.25) is 5.91 Å². The highest BCUT2D eigenvalue weighted by Crippen LogP contribution is 2.16. The van der Waals surface area contributed by atoms with Crippen LogP contribution in [0.15, 0.2) is 30.3 Å². The second kappa shape index (κ2) is 8.24. The number of carbonyl (C=O) groups is 3. The smallest absolute Gasteiger partial charge is 0.331 e. The van der Waals surface area contributed by atoms with E-state index in [1.807, 2.05) is 0 Å². The number of hydrogen-bond acceptors (Lipinski definition) is 4. The van der Waals surface area contributed by atoms with E-state index in [1.165, 1.54) is 24.3 Å². The van der Waals surface area contributed by atoms with Crippen LogP contribution < -0.4 is 5.73 Å². The number of nitrogens with zero attached hydrogens (tertiary/aromatic N) is 1. The lowest BCUT2D eigenvalue weighted by Crippen LogP contribution is -2.43. The van der Waals surface area contributed by atoms with E-state index in [-0.39, 0.29) is 24.3 Å². The number of esters is 1. The van der Waals surface area contributed by atoms with Crippen molar-refractivity contribution < 1.29 is 23.5 Å². The topological polar surface area (TPSA) is 89.7 Å². The molecule has 128 valence electrons. The summed E-state index contributed by atoms with van der Waals surface area (Å²) in [6.45, 7) is 0.472. The molecule has 7 heteroatoms. The molecule has 1 aromatic carbocycles. The fourth-order valence-corrected chi connectivity index (χ4v) is 2.46. The molecule has 0 spiro atoms. The van der Waals surface area contributed by atoms with Gasteiger partial charge in [-0.3, -0.25) is 9.59 Å². The monoisotopic (exact) mass is 334 g/mol. The molecule has 24 heavy (non-hydrogen) atoms. The van der Waals surface area contributed by atoms with E-state index in [9.17, 15) is 18.8 Å². The lowest BCUT2D eigenvalue weighted by atomic mass is 9.96. The van der Waals surface area contributed by atoms with Crippen LogP contribution in [0.25, 0.3) is 6.08 Å². The quantitative estimate of drug-likeness (QED) is 0.645. The molecule has 1 heterocycles. The fourth-order valence-electron chi connectivity index (χ4n) is 2.46. The Balaban J connectivity index is 1.75. The van der Waals surface area contributed by atoms with Crippen molar-refractivity contribution in [3.05, 3.63) is 41.7 Å². The van der Waals surface area contributed by atoms with Gasteiger partial charge in [-0.1, -0.05) is 12.1 Å². The molecule has 1 aliphatic rings. The van der Waals surface area contributed by atoms with E-state index in [1.54, 1.807) is 11.0 Å². The first-order valence-electron chi connectivity index (χ1n) is 7.63. The molecule has 1 fully saturated rings. The van der Waals surface area contributed by atoms with E-state index >= 15 is 0 Å². The number of nitrogens with two attached hydrogens (primary N) is 1. The Morgan fingerprint density at radius 3 is 2.62 bits per heavy atom. The van der Waals surface area contributed by atoms with Crippen molar-refractivity contribution in [1.29, 1.82) is 0 Å². The first kappa shape index (κ1) is 17.7. The molecule has 2 amide bonds. The molecule has 0 aromatic heterocycles. The van der Waals surface area contributed by atoms with Gasteiger partial charge < -0.3 is 15.4 Å². The fraction of sp³-hybridized carbons (Fsp3) is 0.353. The summed E-state index contributed by atoms with van der Waals surface area (Å²) in [7, 11) is 0. The van der Waals surface area contributed by atoms with E-state index in [2.05, 4.69) is 0 Å². The third-order valence-corrected chi connectivity index (χ3v) is 3.85. The zero-order chi connectivity index (χ0) is 17.5. The third-order valence-electron chi connectivity index (χ3n) is 3.85. The summed E-state index contributed by atoms with van der Waals surface area (Å²) in [5.41, 5.74) is 5.76. The molecule has 1 saturated heterocycles. The normalized spacial score (nSPS) is 15.5. The minimum absolute atomic E-state index is 0.203. The van der Waals surface area contributed by atoms with Crippen LogP contribution in [-0.4, -0.2) is 42.4 Å². The molecule has 0 unspecified atom stereocenters. The first-order chi connectivity index (χ1) is 11.5. The summed E-state index contributed by atoms with van der Waals surface area (Å²) in [5.74, 6) is -1.95. The lowest BCUT2D eigenvalue weighted by Gasteiger charge is -2.30. The molecule has 0 radical (unpaired) electrons. The maximum absolute atomic E-state index is 13.0. The highest BCUT2D eigenvalue weighted by Gasteiger charge is 2.26. The van der Waals surface area contributed by atoms with Crippen molar-refractivity contribution in [1.82, 2.24) is 4.90 Å². The Bertz CT molecular complexity index is 652. The van der Waals surface area contributed by atoms with Gasteiger partial charge in [-0.15, -0.1) is 0 Å². The number of halogens is 1. The van der Waals surface area contributed by atoms with Gasteiger partial charge in [0.25, 0.3) is 5.91 Å². The Morgan fingerprint density at radius 2 is 2.00 bits per heavy atom. The highest BCUT2D eigenvalue weighted by atomic mass is 19.1. The van der Waals surface area contributed by atoms with Crippen LogP contribution in [0.4, 0.5) is 4.39 Å². The van der Waals surface area contributed by atoms with Gasteiger partial charge in [0.15, 0.2) is 6.61 Å². The van der Waals surface area contributed by atoms with Crippen LogP contribution in [0.1, 0.15) is 18.4 Å². The zero-order valence-corrected chi connectivity index (χ0v) is 13.1. The van der Waals surface area contributed by atoms with E-state index < -0.39 is 11.8 Å². The standard InChI is InChI=1S/C17H19FN2O4/c18-14-3-1-2-12(10-14)4-5-16(22)24-11-15(21)20-8-6-13(7-9-20)17(19)23/h1-5,10,13H,6-9,11H2,(H2,19,23)/b5-4+. The van der Waals surface area contributed by atoms with E-state index in [0.29, 0.717) is 31.5 Å². The van der Waals surface area contributed by atoms with Gasteiger partial charge in [0, 0.05) is 25.1 Å². The highest BCUT2D eigenvalue weighted by molar-refractivity contribution is 5.89. The van der Waals surface area contributed by atoms with Crippen molar-refractivity contribution >= 4 is 23.9 Å². The number of amides is 2. The van der Waals surface area contributed by atoms with Crippen molar-refractivity contribution in [3.63, 3.8) is 0 Å². The van der Waals surface area contributed by atoms with Crippen molar-refractivity contribution in [2.75, 3.05) is 19.7 Å². The molecule has 0 atom stereocenters. The molecule has 1 aromatic rings. The summed E-state index contributed by atoms with van der Waals surface area (Å²) >= 11 is 0. The number of benzene rings is 1. The molecule has 0 bridgehead atoms. The predicted octanol–water partition coefficient (Wildman–Crippen LogP) is 1.11. The van der Waals surface area contributed by atoms with Crippen LogP contribution in [0.3, 0.4) is 0 Å². The van der Waals surface area contributed by atoms with E-state index in [0.717, 1.165) is 6.08 Å². The molecule has 2 N–H and O–H groups in total. The molecule has 1 aliphatic heterocycles. The Hall–Kier alpha value is -2.70. The maximum Gasteiger partial charge on any atom is 0.331 e. The second-order valence-corrected chi connectivity index (χ2v) is 5.55. The number of carbonyl (C=O) groups excluding carboxylic acids is 3. The number of likely N-dealkylation sites (tertiary alicyclic amines) is 1. The molecule has 0 aliphatic carbocycles.